The van der Waals surface area contributed by atoms with Gasteiger partial charge >= 0.3 is 6.09 Å². The fourth-order valence-electron chi connectivity index (χ4n) is 2.71. The van der Waals surface area contributed by atoms with Crippen molar-refractivity contribution in [2.45, 2.75) is 55.9 Å². The summed E-state index contributed by atoms with van der Waals surface area (Å²) in [4.78, 5) is 29.2. The molecule has 0 spiro atoms. The van der Waals surface area contributed by atoms with Crippen LogP contribution in [0.25, 0.3) is 11.4 Å². The van der Waals surface area contributed by atoms with Gasteiger partial charge < -0.3 is 19.9 Å². The normalized spacial score (nSPS) is 17.1. The monoisotopic (exact) mass is 500 g/mol. The van der Waals surface area contributed by atoms with Gasteiger partial charge in [0.25, 0.3) is 0 Å². The minimum atomic E-state index is -3.58. The number of hydrogen-bond donors (Lipinski definition) is 2. The van der Waals surface area contributed by atoms with Crippen LogP contribution in [0.3, 0.4) is 0 Å². The first-order valence-electron chi connectivity index (χ1n) is 9.89. The van der Waals surface area contributed by atoms with Gasteiger partial charge in [0.2, 0.25) is 17.6 Å². The van der Waals surface area contributed by atoms with E-state index in [1.165, 1.54) is 37.7 Å². The number of sulfone groups is 1. The summed E-state index contributed by atoms with van der Waals surface area (Å²) in [6.45, 7) is 7.92. The van der Waals surface area contributed by atoms with E-state index in [2.05, 4.69) is 20.8 Å². The Labute approximate surface area is 194 Å². The molecule has 2 aromatic rings. The Morgan fingerprint density at radius 2 is 1.97 bits per heavy atom. The molecule has 0 bridgehead atoms. The van der Waals surface area contributed by atoms with Crippen LogP contribution < -0.4 is 10.6 Å². The number of carbonyl (C=O) groups is 2. The van der Waals surface area contributed by atoms with Crippen LogP contribution in [0.2, 0.25) is 0 Å². The molecule has 1 aliphatic heterocycles. The molecule has 2 amide bonds. The number of halogens is 1. The van der Waals surface area contributed by atoms with E-state index in [9.17, 15) is 22.4 Å². The lowest BCUT2D eigenvalue weighted by Crippen LogP contribution is -2.46. The van der Waals surface area contributed by atoms with Gasteiger partial charge in [-0.15, -0.1) is 11.8 Å². The summed E-state index contributed by atoms with van der Waals surface area (Å²) in [7, 11) is -3.58. The topological polar surface area (TPSA) is 140 Å². The van der Waals surface area contributed by atoms with Gasteiger partial charge in [-0.25, -0.2) is 17.6 Å². The third-order valence-corrected chi connectivity index (χ3v) is 8.03. The zero-order valence-electron chi connectivity index (χ0n) is 19.0. The van der Waals surface area contributed by atoms with E-state index >= 15 is 0 Å². The van der Waals surface area contributed by atoms with Gasteiger partial charge in [-0.1, -0.05) is 5.16 Å². The molecule has 3 rings (SSSR count). The number of aromatic nitrogens is 2. The molecular weight excluding hydrogens is 475 g/mol. The Morgan fingerprint density at radius 3 is 2.58 bits per heavy atom. The van der Waals surface area contributed by atoms with E-state index in [4.69, 9.17) is 9.26 Å². The zero-order chi connectivity index (χ0) is 24.8. The van der Waals surface area contributed by atoms with E-state index in [1.807, 2.05) is 0 Å². The van der Waals surface area contributed by atoms with E-state index in [1.54, 1.807) is 20.8 Å². The van der Waals surface area contributed by atoms with Crippen LogP contribution >= 0.6 is 11.8 Å². The maximum absolute atomic E-state index is 14.9. The lowest BCUT2D eigenvalue weighted by atomic mass is 10.1. The molecule has 180 valence electrons. The van der Waals surface area contributed by atoms with Crippen LogP contribution in [0.1, 0.15) is 40.5 Å². The second-order valence-electron chi connectivity index (χ2n) is 9.03. The summed E-state index contributed by atoms with van der Waals surface area (Å²) in [5.74, 6) is -1.37. The Morgan fingerprint density at radius 1 is 1.30 bits per heavy atom. The molecule has 0 radical (unpaired) electrons. The number of anilines is 1. The highest BCUT2D eigenvalue weighted by atomic mass is 32.2. The van der Waals surface area contributed by atoms with E-state index in [0.717, 1.165) is 6.26 Å². The number of fused-ring (bicyclic) bond motifs is 1. The molecule has 0 fully saturated rings. The Bertz CT molecular complexity index is 1200. The van der Waals surface area contributed by atoms with Crippen molar-refractivity contribution < 1.29 is 31.7 Å². The minimum absolute atomic E-state index is 0.0764. The standard InChI is InChI=1S/C20H25FN4O6S2/c1-19(2,3)30-18(27)23-13-9-32-14-8-11(21)10(7-12(14)22-16(13)26)15-24-17(31-25-15)20(4,5)33(6,28)29/h7-8,13H,9H2,1-6H3,(H,22,26)(H,23,27)/t13-/m0/s1. The smallest absolute Gasteiger partial charge is 0.408 e. The summed E-state index contributed by atoms with van der Waals surface area (Å²) >= 11 is 1.18. The molecule has 0 saturated carbocycles. The lowest BCUT2D eigenvalue weighted by molar-refractivity contribution is -0.117. The molecular formula is C20H25FN4O6S2. The van der Waals surface area contributed by atoms with Crippen LogP contribution in [0.5, 0.6) is 0 Å². The van der Waals surface area contributed by atoms with Crippen molar-refractivity contribution in [3.63, 3.8) is 0 Å². The molecule has 0 saturated heterocycles. The molecule has 13 heteroatoms. The highest BCUT2D eigenvalue weighted by Gasteiger charge is 2.38. The molecule has 2 heterocycles. The predicted octanol–water partition coefficient (Wildman–Crippen LogP) is 3.09. The quantitative estimate of drug-likeness (QED) is 0.648. The number of rotatable bonds is 4. The summed E-state index contributed by atoms with van der Waals surface area (Å²) in [6.07, 6.45) is 0.294. The van der Waals surface area contributed by atoms with Crippen molar-refractivity contribution in [3.05, 3.63) is 23.8 Å². The van der Waals surface area contributed by atoms with Crippen molar-refractivity contribution in [3.8, 4) is 11.4 Å². The first kappa shape index (κ1) is 25.0. The Kier molecular flexibility index (Phi) is 6.50. The van der Waals surface area contributed by atoms with Crippen molar-refractivity contribution in [2.75, 3.05) is 17.3 Å². The molecule has 1 aliphatic rings. The van der Waals surface area contributed by atoms with Gasteiger partial charge in [0.05, 0.1) is 11.3 Å². The van der Waals surface area contributed by atoms with Crippen molar-refractivity contribution in [1.82, 2.24) is 15.5 Å². The number of hydrogen-bond acceptors (Lipinski definition) is 9. The number of carbonyl (C=O) groups excluding carboxylic acids is 2. The molecule has 1 aromatic carbocycles. The number of benzene rings is 1. The van der Waals surface area contributed by atoms with E-state index in [0.29, 0.717) is 10.6 Å². The zero-order valence-corrected chi connectivity index (χ0v) is 20.6. The lowest BCUT2D eigenvalue weighted by Gasteiger charge is -2.22. The molecule has 0 aliphatic carbocycles. The van der Waals surface area contributed by atoms with Crippen molar-refractivity contribution >= 4 is 39.3 Å². The summed E-state index contributed by atoms with van der Waals surface area (Å²) in [5, 5.41) is 8.89. The summed E-state index contributed by atoms with van der Waals surface area (Å²) in [6, 6.07) is 1.65. The van der Waals surface area contributed by atoms with Gasteiger partial charge in [0.15, 0.2) is 9.84 Å². The fourth-order valence-corrected chi connectivity index (χ4v) is 4.14. The maximum Gasteiger partial charge on any atom is 0.408 e. The molecule has 33 heavy (non-hydrogen) atoms. The van der Waals surface area contributed by atoms with Crippen LogP contribution in [0.4, 0.5) is 14.9 Å². The Hall–Kier alpha value is -2.67. The third-order valence-electron chi connectivity index (χ3n) is 4.85. The first-order chi connectivity index (χ1) is 15.1. The first-order valence-corrected chi connectivity index (χ1v) is 12.8. The Balaban J connectivity index is 1.86. The molecule has 10 nitrogen and oxygen atoms in total. The molecule has 2 N–H and O–H groups in total. The SMILES string of the molecule is CC(C)(C)OC(=O)N[C@H]1CSc2cc(F)c(-c3noc(C(C)(C)S(C)(=O)=O)n3)cc2NC1=O. The molecule has 0 unspecified atom stereocenters. The minimum Gasteiger partial charge on any atom is -0.444 e. The van der Waals surface area contributed by atoms with Gasteiger partial charge in [-0.3, -0.25) is 4.79 Å². The second-order valence-corrected chi connectivity index (χ2v) is 12.7. The average molecular weight is 501 g/mol. The summed E-state index contributed by atoms with van der Waals surface area (Å²) in [5.41, 5.74) is -0.509. The van der Waals surface area contributed by atoms with Crippen LogP contribution in [0.15, 0.2) is 21.6 Å². The van der Waals surface area contributed by atoms with E-state index < -0.39 is 44.0 Å². The summed E-state index contributed by atoms with van der Waals surface area (Å²) < 4.78 is 47.7. The third kappa shape index (κ3) is 5.46. The van der Waals surface area contributed by atoms with Gasteiger partial charge in [-0.05, 0) is 46.8 Å². The van der Waals surface area contributed by atoms with Gasteiger partial charge in [-0.2, -0.15) is 4.98 Å². The van der Waals surface area contributed by atoms with Gasteiger partial charge in [0.1, 0.15) is 22.2 Å². The van der Waals surface area contributed by atoms with E-state index in [-0.39, 0.29) is 23.0 Å². The number of alkyl carbamates (subject to hydrolysis) is 1. The number of ether oxygens (including phenoxy) is 1. The number of nitrogens with one attached hydrogen (secondary N) is 2. The maximum atomic E-state index is 14.9. The fraction of sp³-hybridized carbons (Fsp3) is 0.500. The van der Waals surface area contributed by atoms with Crippen LogP contribution in [0, 0.1) is 5.82 Å². The molecule has 1 atom stereocenters. The number of nitrogens with zero attached hydrogens (tertiary/aromatic N) is 2. The molecule has 1 aromatic heterocycles. The highest BCUT2D eigenvalue weighted by molar-refractivity contribution is 7.99. The predicted molar refractivity (Wildman–Crippen MR) is 120 cm³/mol. The highest BCUT2D eigenvalue weighted by Crippen LogP contribution is 2.37. The number of thioether (sulfide) groups is 1. The van der Waals surface area contributed by atoms with Gasteiger partial charge in [0, 0.05) is 16.9 Å². The second kappa shape index (κ2) is 8.60. The largest absolute Gasteiger partial charge is 0.444 e. The average Bonchev–Trinajstić information content (AvgIpc) is 3.09. The van der Waals surface area contributed by atoms with Crippen molar-refractivity contribution in [1.29, 1.82) is 0 Å². The van der Waals surface area contributed by atoms with Crippen molar-refractivity contribution in [2.24, 2.45) is 0 Å². The number of amides is 2. The van der Waals surface area contributed by atoms with Crippen LogP contribution in [-0.4, -0.2) is 54.2 Å². The van der Waals surface area contributed by atoms with Crippen LogP contribution in [-0.2, 0) is 24.1 Å².